The fourth-order valence-electron chi connectivity index (χ4n) is 4.00. The van der Waals surface area contributed by atoms with Gasteiger partial charge in [0, 0.05) is 22.9 Å². The molecule has 1 heterocycles. The third-order valence-electron chi connectivity index (χ3n) is 5.11. The normalized spacial score (nSPS) is 21.5. The number of hydrogen-bond donors (Lipinski definition) is 1. The Kier molecular flexibility index (Phi) is 7.60. The van der Waals surface area contributed by atoms with Crippen LogP contribution in [0.5, 0.6) is 0 Å². The molecule has 0 spiro atoms. The standard InChI is InChI=1S/C20H31NO3S/c1-5-14-16(20(23)25-8-4)15(6-2)21-18(13-11-9-10-12-13)17(14)19(22)24-7-3/h13-14,21H,5-12H2,1-4H3. The van der Waals surface area contributed by atoms with Crippen LogP contribution in [-0.4, -0.2) is 23.4 Å². The Labute approximate surface area is 155 Å². The second-order valence-corrected chi connectivity index (χ2v) is 7.82. The van der Waals surface area contributed by atoms with Crippen molar-refractivity contribution in [3.05, 3.63) is 22.5 Å². The fraction of sp³-hybridized carbons (Fsp3) is 0.700. The van der Waals surface area contributed by atoms with Gasteiger partial charge in [-0.1, -0.05) is 45.4 Å². The Bertz CT molecular complexity index is 573. The van der Waals surface area contributed by atoms with Gasteiger partial charge in [-0.05, 0) is 44.3 Å². The lowest BCUT2D eigenvalue weighted by Crippen LogP contribution is -2.36. The Morgan fingerprint density at radius 2 is 1.80 bits per heavy atom. The van der Waals surface area contributed by atoms with Gasteiger partial charge in [0.05, 0.1) is 12.2 Å². The number of esters is 1. The number of allylic oxidation sites excluding steroid dienone is 2. The van der Waals surface area contributed by atoms with Crippen LogP contribution in [0.25, 0.3) is 0 Å². The van der Waals surface area contributed by atoms with E-state index in [4.69, 9.17) is 4.74 Å². The molecule has 1 aliphatic heterocycles. The lowest BCUT2D eigenvalue weighted by atomic mass is 9.80. The first-order valence-electron chi connectivity index (χ1n) is 9.67. The summed E-state index contributed by atoms with van der Waals surface area (Å²) in [6, 6.07) is 0. The first-order chi connectivity index (χ1) is 12.1. The molecular weight excluding hydrogens is 334 g/mol. The maximum atomic E-state index is 12.8. The molecule has 0 aromatic heterocycles. The van der Waals surface area contributed by atoms with Crippen molar-refractivity contribution in [3.8, 4) is 0 Å². The lowest BCUT2D eigenvalue weighted by Gasteiger charge is -2.34. The summed E-state index contributed by atoms with van der Waals surface area (Å²) in [6.07, 6.45) is 6.11. The molecule has 2 aliphatic rings. The molecular formula is C20H31NO3S. The second-order valence-electron chi connectivity index (χ2n) is 6.58. The SMILES string of the molecule is CCOC(=O)C1=C(C2CCCC2)NC(CC)=C(C(=O)SCC)C1CC. The van der Waals surface area contributed by atoms with E-state index in [0.29, 0.717) is 18.1 Å². The minimum Gasteiger partial charge on any atom is -0.463 e. The highest BCUT2D eigenvalue weighted by atomic mass is 32.2. The number of ether oxygens (including phenoxy) is 1. The second kappa shape index (κ2) is 9.46. The van der Waals surface area contributed by atoms with Crippen molar-refractivity contribution in [3.63, 3.8) is 0 Å². The quantitative estimate of drug-likeness (QED) is 0.670. The zero-order valence-electron chi connectivity index (χ0n) is 15.9. The van der Waals surface area contributed by atoms with Crippen molar-refractivity contribution in [1.29, 1.82) is 0 Å². The molecule has 0 amide bonds. The summed E-state index contributed by atoms with van der Waals surface area (Å²) in [5.41, 5.74) is 3.50. The van der Waals surface area contributed by atoms with Crippen molar-refractivity contribution in [2.24, 2.45) is 11.8 Å². The van der Waals surface area contributed by atoms with E-state index < -0.39 is 0 Å². The van der Waals surface area contributed by atoms with Crippen LogP contribution in [0.2, 0.25) is 0 Å². The zero-order chi connectivity index (χ0) is 18.4. The number of thioether (sulfide) groups is 1. The summed E-state index contributed by atoms with van der Waals surface area (Å²) >= 11 is 1.33. The van der Waals surface area contributed by atoms with Crippen molar-refractivity contribution in [2.45, 2.75) is 66.2 Å². The van der Waals surface area contributed by atoms with E-state index in [1.165, 1.54) is 24.6 Å². The Morgan fingerprint density at radius 1 is 1.12 bits per heavy atom. The van der Waals surface area contributed by atoms with Gasteiger partial charge in [0.2, 0.25) is 5.12 Å². The van der Waals surface area contributed by atoms with Gasteiger partial charge in [-0.25, -0.2) is 4.79 Å². The molecule has 1 fully saturated rings. The molecule has 1 saturated carbocycles. The van der Waals surface area contributed by atoms with Crippen LogP contribution in [0.15, 0.2) is 22.5 Å². The largest absolute Gasteiger partial charge is 0.463 e. The van der Waals surface area contributed by atoms with E-state index in [0.717, 1.165) is 48.4 Å². The Balaban J connectivity index is 2.51. The molecule has 0 saturated heterocycles. The minimum absolute atomic E-state index is 0.0889. The molecule has 0 bridgehead atoms. The van der Waals surface area contributed by atoms with Crippen LogP contribution >= 0.6 is 11.8 Å². The van der Waals surface area contributed by atoms with Crippen LogP contribution in [0.1, 0.15) is 66.2 Å². The van der Waals surface area contributed by atoms with Gasteiger partial charge in [0.15, 0.2) is 0 Å². The number of nitrogens with one attached hydrogen (secondary N) is 1. The summed E-state index contributed by atoms with van der Waals surface area (Å²) in [6.45, 7) is 8.29. The number of dihydropyridines is 1. The maximum absolute atomic E-state index is 12.8. The number of rotatable bonds is 7. The van der Waals surface area contributed by atoms with Gasteiger partial charge in [0.1, 0.15) is 0 Å². The average molecular weight is 366 g/mol. The van der Waals surface area contributed by atoms with Gasteiger partial charge in [-0.3, -0.25) is 4.79 Å². The molecule has 1 N–H and O–H groups in total. The van der Waals surface area contributed by atoms with Gasteiger partial charge in [-0.2, -0.15) is 0 Å². The Hall–Kier alpha value is -1.23. The predicted molar refractivity (Wildman–Crippen MR) is 103 cm³/mol. The molecule has 1 atom stereocenters. The van der Waals surface area contributed by atoms with E-state index in [1.807, 2.05) is 13.8 Å². The molecule has 2 rings (SSSR count). The molecule has 5 heteroatoms. The molecule has 0 radical (unpaired) electrons. The van der Waals surface area contributed by atoms with E-state index in [9.17, 15) is 9.59 Å². The number of carbonyl (C=O) groups excluding carboxylic acids is 2. The van der Waals surface area contributed by atoms with Crippen LogP contribution < -0.4 is 5.32 Å². The van der Waals surface area contributed by atoms with Gasteiger partial charge in [0.25, 0.3) is 0 Å². The van der Waals surface area contributed by atoms with E-state index >= 15 is 0 Å². The van der Waals surface area contributed by atoms with Crippen LogP contribution in [-0.2, 0) is 14.3 Å². The van der Waals surface area contributed by atoms with Gasteiger partial charge < -0.3 is 10.1 Å². The van der Waals surface area contributed by atoms with E-state index in [-0.39, 0.29) is 17.0 Å². The fourth-order valence-corrected chi connectivity index (χ4v) is 4.68. The van der Waals surface area contributed by atoms with Gasteiger partial charge >= 0.3 is 5.97 Å². The highest BCUT2D eigenvalue weighted by molar-refractivity contribution is 8.14. The number of hydrogen-bond acceptors (Lipinski definition) is 5. The van der Waals surface area contributed by atoms with Crippen LogP contribution in [0, 0.1) is 11.8 Å². The molecule has 140 valence electrons. The van der Waals surface area contributed by atoms with E-state index in [2.05, 4.69) is 19.2 Å². The third-order valence-corrected chi connectivity index (χ3v) is 5.88. The molecule has 4 nitrogen and oxygen atoms in total. The summed E-state index contributed by atoms with van der Waals surface area (Å²) in [7, 11) is 0. The highest BCUT2D eigenvalue weighted by Gasteiger charge is 2.39. The third kappa shape index (κ3) is 4.30. The average Bonchev–Trinajstić information content (AvgIpc) is 3.14. The highest BCUT2D eigenvalue weighted by Crippen LogP contribution is 2.41. The summed E-state index contributed by atoms with van der Waals surface area (Å²) in [5.74, 6) is 0.706. The predicted octanol–water partition coefficient (Wildman–Crippen LogP) is 4.57. The molecule has 25 heavy (non-hydrogen) atoms. The summed E-state index contributed by atoms with van der Waals surface area (Å²) < 4.78 is 5.38. The summed E-state index contributed by atoms with van der Waals surface area (Å²) in [5, 5.41) is 3.60. The maximum Gasteiger partial charge on any atom is 0.336 e. The smallest absolute Gasteiger partial charge is 0.336 e. The number of carbonyl (C=O) groups is 2. The van der Waals surface area contributed by atoms with Crippen molar-refractivity contribution < 1.29 is 14.3 Å². The molecule has 0 aromatic carbocycles. The first-order valence-corrected chi connectivity index (χ1v) is 10.7. The Morgan fingerprint density at radius 3 is 2.32 bits per heavy atom. The van der Waals surface area contributed by atoms with Crippen LogP contribution in [0.4, 0.5) is 0 Å². The van der Waals surface area contributed by atoms with Gasteiger partial charge in [-0.15, -0.1) is 0 Å². The van der Waals surface area contributed by atoms with E-state index in [1.54, 1.807) is 0 Å². The topological polar surface area (TPSA) is 55.4 Å². The zero-order valence-corrected chi connectivity index (χ0v) is 16.8. The first kappa shape index (κ1) is 20.1. The summed E-state index contributed by atoms with van der Waals surface area (Å²) in [4.78, 5) is 25.6. The van der Waals surface area contributed by atoms with Crippen LogP contribution in [0.3, 0.4) is 0 Å². The van der Waals surface area contributed by atoms with Crippen molar-refractivity contribution in [2.75, 3.05) is 12.4 Å². The molecule has 0 aromatic rings. The monoisotopic (exact) mass is 365 g/mol. The van der Waals surface area contributed by atoms with Crippen molar-refractivity contribution >= 4 is 22.8 Å². The molecule has 1 unspecified atom stereocenters. The molecule has 1 aliphatic carbocycles. The van der Waals surface area contributed by atoms with Crippen molar-refractivity contribution in [1.82, 2.24) is 5.32 Å². The lowest BCUT2D eigenvalue weighted by molar-refractivity contribution is -0.139. The minimum atomic E-state index is -0.259.